The molecule has 0 bridgehead atoms. The first-order chi connectivity index (χ1) is 13.5. The van der Waals surface area contributed by atoms with Crippen LogP contribution in [0.15, 0.2) is 33.8 Å². The zero-order chi connectivity index (χ0) is 19.9. The van der Waals surface area contributed by atoms with Gasteiger partial charge in [-0.2, -0.15) is 4.98 Å². The molecule has 2 aromatic rings. The molecule has 1 atom stereocenters. The Hall–Kier alpha value is -1.55. The van der Waals surface area contributed by atoms with Crippen molar-refractivity contribution in [2.45, 2.75) is 45.1 Å². The number of nitrogens with one attached hydrogen (secondary N) is 2. The molecule has 1 saturated heterocycles. The molecule has 1 aromatic heterocycles. The summed E-state index contributed by atoms with van der Waals surface area (Å²) in [4.78, 5) is 11.1. The molecule has 1 unspecified atom stereocenters. The third kappa shape index (κ3) is 7.02. The predicted octanol–water partition coefficient (Wildman–Crippen LogP) is 3.84. The Morgan fingerprint density at radius 2 is 2.24 bits per heavy atom. The van der Waals surface area contributed by atoms with E-state index in [1.165, 1.54) is 5.69 Å². The average Bonchev–Trinajstić information content (AvgIpc) is 3.34. The molecule has 1 aliphatic rings. The van der Waals surface area contributed by atoms with Crippen molar-refractivity contribution < 1.29 is 4.52 Å². The van der Waals surface area contributed by atoms with E-state index in [0.717, 1.165) is 55.7 Å². The first-order valence-electron chi connectivity index (χ1n) is 9.85. The molecule has 0 spiro atoms. The topological polar surface area (TPSA) is 78.6 Å². The molecule has 9 heteroatoms. The lowest BCUT2D eigenvalue weighted by atomic mass is 10.2. The number of hydrogen-bond acceptors (Lipinski definition) is 5. The van der Waals surface area contributed by atoms with Gasteiger partial charge in [0.1, 0.15) is 0 Å². The summed E-state index contributed by atoms with van der Waals surface area (Å²) in [6, 6.07) is 8.37. The second-order valence-electron chi connectivity index (χ2n) is 7.36. The number of rotatable bonds is 7. The van der Waals surface area contributed by atoms with Gasteiger partial charge >= 0.3 is 0 Å². The molecule has 1 aromatic carbocycles. The Morgan fingerprint density at radius 1 is 1.41 bits per heavy atom. The fourth-order valence-corrected chi connectivity index (χ4v) is 3.41. The van der Waals surface area contributed by atoms with Crippen LogP contribution in [0.1, 0.15) is 44.3 Å². The molecule has 160 valence electrons. The summed E-state index contributed by atoms with van der Waals surface area (Å²) in [5.74, 6) is 2.58. The van der Waals surface area contributed by atoms with Crippen LogP contribution in [-0.4, -0.2) is 48.8 Å². The van der Waals surface area contributed by atoms with Crippen LogP contribution in [0.5, 0.6) is 0 Å². The molecular weight excluding hydrogens is 503 g/mol. The fraction of sp³-hybridized carbons (Fsp3) is 0.550. The van der Waals surface area contributed by atoms with E-state index < -0.39 is 0 Å². The number of guanidine groups is 1. The van der Waals surface area contributed by atoms with Gasteiger partial charge in [0.25, 0.3) is 0 Å². The third-order valence-corrected chi connectivity index (χ3v) is 5.02. The molecule has 0 amide bonds. The first-order valence-corrected chi connectivity index (χ1v) is 10.2. The summed E-state index contributed by atoms with van der Waals surface area (Å²) in [6.07, 6.45) is 2.72. The van der Waals surface area contributed by atoms with Crippen LogP contribution in [0.2, 0.25) is 5.02 Å². The Kier molecular flexibility index (Phi) is 9.48. The van der Waals surface area contributed by atoms with Gasteiger partial charge in [0.15, 0.2) is 11.8 Å². The number of halogens is 2. The Bertz CT molecular complexity index is 797. The van der Waals surface area contributed by atoms with Crippen molar-refractivity contribution in [2.75, 3.05) is 31.6 Å². The molecule has 0 saturated carbocycles. The lowest BCUT2D eigenvalue weighted by Gasteiger charge is -2.20. The maximum absolute atomic E-state index is 6.11. The van der Waals surface area contributed by atoms with Gasteiger partial charge in [-0.05, 0) is 31.0 Å². The summed E-state index contributed by atoms with van der Waals surface area (Å²) in [5.41, 5.74) is 1.17. The minimum absolute atomic E-state index is 0. The number of aryl methyl sites for hydroxylation is 1. The van der Waals surface area contributed by atoms with Gasteiger partial charge in [0.2, 0.25) is 5.89 Å². The van der Waals surface area contributed by atoms with Gasteiger partial charge in [0.05, 0.1) is 0 Å². The van der Waals surface area contributed by atoms with Gasteiger partial charge in [-0.25, -0.2) is 0 Å². The van der Waals surface area contributed by atoms with Crippen molar-refractivity contribution >= 4 is 47.2 Å². The molecule has 2 N–H and O–H groups in total. The highest BCUT2D eigenvalue weighted by Crippen LogP contribution is 2.23. The number of aromatic nitrogens is 2. The summed E-state index contributed by atoms with van der Waals surface area (Å²) in [6.45, 7) is 6.85. The maximum Gasteiger partial charge on any atom is 0.226 e. The second-order valence-corrected chi connectivity index (χ2v) is 7.80. The molecule has 3 rings (SSSR count). The standard InChI is InChI=1S/C20H29ClN6O.HI/c1-14(2)19-25-18(28-26-19)8-5-10-23-20(22-3)24-16-9-11-27(13-16)17-7-4-6-15(21)12-17;/h4,6-7,12,14,16H,5,8-11,13H2,1-3H3,(H2,22,23,24);1H. The van der Waals surface area contributed by atoms with Crippen molar-refractivity contribution in [1.82, 2.24) is 20.8 Å². The molecule has 2 heterocycles. The monoisotopic (exact) mass is 532 g/mol. The van der Waals surface area contributed by atoms with E-state index in [4.69, 9.17) is 16.1 Å². The van der Waals surface area contributed by atoms with E-state index in [9.17, 15) is 0 Å². The van der Waals surface area contributed by atoms with Crippen LogP contribution in [0.3, 0.4) is 0 Å². The van der Waals surface area contributed by atoms with E-state index in [0.29, 0.717) is 11.9 Å². The number of benzene rings is 1. The zero-order valence-electron chi connectivity index (χ0n) is 17.2. The molecule has 1 fully saturated rings. The van der Waals surface area contributed by atoms with Gasteiger partial charge in [0, 0.05) is 55.8 Å². The molecule has 29 heavy (non-hydrogen) atoms. The summed E-state index contributed by atoms with van der Waals surface area (Å²) < 4.78 is 5.28. The van der Waals surface area contributed by atoms with Crippen molar-refractivity contribution in [3.8, 4) is 0 Å². The number of aliphatic imine (C=N–C) groups is 1. The van der Waals surface area contributed by atoms with E-state index in [1.54, 1.807) is 7.05 Å². The van der Waals surface area contributed by atoms with E-state index >= 15 is 0 Å². The highest BCUT2D eigenvalue weighted by atomic mass is 127. The van der Waals surface area contributed by atoms with Crippen LogP contribution < -0.4 is 15.5 Å². The van der Waals surface area contributed by atoms with Crippen LogP contribution in [-0.2, 0) is 6.42 Å². The summed E-state index contributed by atoms with van der Waals surface area (Å²) >= 11 is 6.11. The Balaban J connectivity index is 0.00000300. The van der Waals surface area contributed by atoms with E-state index in [1.807, 2.05) is 18.2 Å². The highest BCUT2D eigenvalue weighted by Gasteiger charge is 2.23. The largest absolute Gasteiger partial charge is 0.369 e. The molecular formula is C20H30ClIN6O. The van der Waals surface area contributed by atoms with Crippen LogP contribution in [0, 0.1) is 0 Å². The third-order valence-electron chi connectivity index (χ3n) is 4.79. The average molecular weight is 533 g/mol. The molecule has 0 radical (unpaired) electrons. The number of nitrogens with zero attached hydrogens (tertiary/aromatic N) is 4. The van der Waals surface area contributed by atoms with Gasteiger partial charge in [-0.1, -0.05) is 36.7 Å². The lowest BCUT2D eigenvalue weighted by Crippen LogP contribution is -2.44. The summed E-state index contributed by atoms with van der Waals surface area (Å²) in [5, 5.41) is 11.6. The normalized spacial score (nSPS) is 16.8. The Labute approximate surface area is 194 Å². The van der Waals surface area contributed by atoms with Crippen molar-refractivity contribution in [2.24, 2.45) is 4.99 Å². The van der Waals surface area contributed by atoms with Gasteiger partial charge in [-0.15, -0.1) is 24.0 Å². The molecule has 7 nitrogen and oxygen atoms in total. The highest BCUT2D eigenvalue weighted by molar-refractivity contribution is 14.0. The van der Waals surface area contributed by atoms with Crippen LogP contribution in [0.4, 0.5) is 5.69 Å². The molecule has 1 aliphatic heterocycles. The van der Waals surface area contributed by atoms with Crippen LogP contribution >= 0.6 is 35.6 Å². The first kappa shape index (κ1) is 23.7. The van der Waals surface area contributed by atoms with Crippen molar-refractivity contribution in [3.63, 3.8) is 0 Å². The van der Waals surface area contributed by atoms with Gasteiger partial charge < -0.3 is 20.1 Å². The minimum Gasteiger partial charge on any atom is -0.369 e. The minimum atomic E-state index is 0. The van der Waals surface area contributed by atoms with Crippen molar-refractivity contribution in [1.29, 1.82) is 0 Å². The fourth-order valence-electron chi connectivity index (χ4n) is 3.22. The van der Waals surface area contributed by atoms with Crippen molar-refractivity contribution in [3.05, 3.63) is 41.0 Å². The Morgan fingerprint density at radius 3 is 2.93 bits per heavy atom. The SMILES string of the molecule is CN=C(NCCCc1nc(C(C)C)no1)NC1CCN(c2cccc(Cl)c2)C1.I. The van der Waals surface area contributed by atoms with E-state index in [2.05, 4.69) is 50.6 Å². The maximum atomic E-state index is 6.11. The molecule has 0 aliphatic carbocycles. The lowest BCUT2D eigenvalue weighted by molar-refractivity contribution is 0.368. The number of hydrogen-bond donors (Lipinski definition) is 2. The number of anilines is 1. The second kappa shape index (κ2) is 11.6. The van der Waals surface area contributed by atoms with Crippen LogP contribution in [0.25, 0.3) is 0 Å². The van der Waals surface area contributed by atoms with E-state index in [-0.39, 0.29) is 29.9 Å². The quantitative estimate of drug-likeness (QED) is 0.244. The van der Waals surface area contributed by atoms with Gasteiger partial charge in [-0.3, -0.25) is 4.99 Å². The summed E-state index contributed by atoms with van der Waals surface area (Å²) in [7, 11) is 1.80. The zero-order valence-corrected chi connectivity index (χ0v) is 20.3. The predicted molar refractivity (Wildman–Crippen MR) is 129 cm³/mol. The smallest absolute Gasteiger partial charge is 0.226 e.